The number of piperazine rings is 1. The van der Waals surface area contributed by atoms with Crippen molar-refractivity contribution in [1.82, 2.24) is 9.80 Å². The van der Waals surface area contributed by atoms with E-state index in [1.54, 1.807) is 24.3 Å². The molecule has 1 saturated heterocycles. The van der Waals surface area contributed by atoms with Crippen LogP contribution in [0.15, 0.2) is 84.9 Å². The van der Waals surface area contributed by atoms with Gasteiger partial charge in [0.2, 0.25) is 5.91 Å². The van der Waals surface area contributed by atoms with E-state index in [1.165, 1.54) is 18.2 Å². The zero-order chi connectivity index (χ0) is 27.5. The second-order valence-electron chi connectivity index (χ2n) is 9.36. The van der Waals surface area contributed by atoms with E-state index in [0.717, 1.165) is 13.1 Å². The Morgan fingerprint density at radius 3 is 1.97 bits per heavy atom. The van der Waals surface area contributed by atoms with Crippen molar-refractivity contribution in [2.75, 3.05) is 51.8 Å². The first-order chi connectivity index (χ1) is 19.1. The molecule has 2 amide bonds. The summed E-state index contributed by atoms with van der Waals surface area (Å²) in [6.45, 7) is 3.05. The molecule has 3 aromatic carbocycles. The molecular formula is C31H35N3O5. The maximum Gasteiger partial charge on any atom is 0.306 e. The Morgan fingerprint density at radius 1 is 0.769 bits per heavy atom. The van der Waals surface area contributed by atoms with Gasteiger partial charge in [0.1, 0.15) is 6.61 Å². The van der Waals surface area contributed by atoms with Crippen LogP contribution in [0.2, 0.25) is 0 Å². The zero-order valence-electron chi connectivity index (χ0n) is 22.3. The highest BCUT2D eigenvalue weighted by Gasteiger charge is 2.29. The fraction of sp³-hybridized carbons (Fsp3) is 0.323. The second-order valence-corrected chi connectivity index (χ2v) is 9.36. The van der Waals surface area contributed by atoms with Crippen LogP contribution in [0.5, 0.6) is 0 Å². The monoisotopic (exact) mass is 529 g/mol. The zero-order valence-corrected chi connectivity index (χ0v) is 22.3. The molecule has 4 rings (SSSR count). The number of rotatable bonds is 11. The number of nitrogens with zero attached hydrogens (tertiary/aromatic N) is 2. The lowest BCUT2D eigenvalue weighted by molar-refractivity contribution is -0.145. The Balaban J connectivity index is 1.37. The number of esters is 1. The molecule has 0 aliphatic carbocycles. The van der Waals surface area contributed by atoms with E-state index in [9.17, 15) is 14.4 Å². The summed E-state index contributed by atoms with van der Waals surface area (Å²) >= 11 is 0. The lowest BCUT2D eigenvalue weighted by Crippen LogP contribution is -2.50. The Kier molecular flexibility index (Phi) is 10.2. The number of carbonyl (C=O) groups excluding carboxylic acids is 3. The maximum absolute atomic E-state index is 13.5. The number of ether oxygens (including phenoxy) is 2. The van der Waals surface area contributed by atoms with Gasteiger partial charge in [0, 0.05) is 39.7 Å². The third kappa shape index (κ3) is 7.75. The van der Waals surface area contributed by atoms with Gasteiger partial charge in [-0.15, -0.1) is 0 Å². The molecule has 1 N–H and O–H groups in total. The lowest BCUT2D eigenvalue weighted by Gasteiger charge is -2.40. The van der Waals surface area contributed by atoms with Crippen LogP contribution < -0.4 is 5.32 Å². The van der Waals surface area contributed by atoms with E-state index in [2.05, 4.69) is 58.7 Å². The van der Waals surface area contributed by atoms with Crippen molar-refractivity contribution in [3.05, 3.63) is 102 Å². The molecule has 1 heterocycles. The van der Waals surface area contributed by atoms with E-state index < -0.39 is 5.97 Å². The van der Waals surface area contributed by atoms with E-state index >= 15 is 0 Å². The van der Waals surface area contributed by atoms with Crippen LogP contribution in [0.4, 0.5) is 5.69 Å². The third-order valence-electron chi connectivity index (χ3n) is 6.74. The van der Waals surface area contributed by atoms with Crippen LogP contribution in [0.3, 0.4) is 0 Å². The number of methoxy groups -OCH3 is 1. The molecule has 0 aromatic heterocycles. The van der Waals surface area contributed by atoms with Gasteiger partial charge in [-0.2, -0.15) is 0 Å². The van der Waals surface area contributed by atoms with Crippen LogP contribution >= 0.6 is 0 Å². The molecule has 3 aromatic rings. The highest BCUT2D eigenvalue weighted by molar-refractivity contribution is 6.04. The van der Waals surface area contributed by atoms with Crippen molar-refractivity contribution in [2.45, 2.75) is 18.9 Å². The molecular weight excluding hydrogens is 494 g/mol. The van der Waals surface area contributed by atoms with Crippen molar-refractivity contribution in [3.8, 4) is 0 Å². The SMILES string of the molecule is COCCOC(=O)CCC(=O)Nc1ccccc1C(=O)N1CCN(C(c2ccccc2)c2ccccc2)CC1. The van der Waals surface area contributed by atoms with Crippen LogP contribution in [0, 0.1) is 0 Å². The van der Waals surface area contributed by atoms with E-state index in [4.69, 9.17) is 9.47 Å². The maximum atomic E-state index is 13.5. The van der Waals surface area contributed by atoms with Crippen molar-refractivity contribution >= 4 is 23.5 Å². The van der Waals surface area contributed by atoms with Crippen LogP contribution in [-0.4, -0.2) is 74.1 Å². The van der Waals surface area contributed by atoms with E-state index in [1.807, 2.05) is 17.0 Å². The Labute approximate surface area is 229 Å². The summed E-state index contributed by atoms with van der Waals surface area (Å²) in [4.78, 5) is 42.0. The smallest absolute Gasteiger partial charge is 0.306 e. The molecule has 39 heavy (non-hydrogen) atoms. The second kappa shape index (κ2) is 14.2. The van der Waals surface area contributed by atoms with Crippen molar-refractivity contribution in [1.29, 1.82) is 0 Å². The molecule has 8 heteroatoms. The number of amides is 2. The van der Waals surface area contributed by atoms with Crippen LogP contribution in [-0.2, 0) is 19.1 Å². The first-order valence-electron chi connectivity index (χ1n) is 13.2. The summed E-state index contributed by atoms with van der Waals surface area (Å²) in [6, 6.07) is 27.9. The van der Waals surface area contributed by atoms with Gasteiger partial charge in [0.05, 0.1) is 30.3 Å². The number of hydrogen-bond donors (Lipinski definition) is 1. The quantitative estimate of drug-likeness (QED) is 0.297. The molecule has 1 aliphatic heterocycles. The van der Waals surface area contributed by atoms with Crippen molar-refractivity contribution < 1.29 is 23.9 Å². The van der Waals surface area contributed by atoms with Gasteiger partial charge in [0.15, 0.2) is 0 Å². The minimum absolute atomic E-state index is 0.0344. The molecule has 204 valence electrons. The van der Waals surface area contributed by atoms with E-state index in [-0.39, 0.29) is 37.3 Å². The number of anilines is 1. The molecule has 0 bridgehead atoms. The Morgan fingerprint density at radius 2 is 1.36 bits per heavy atom. The van der Waals surface area contributed by atoms with Gasteiger partial charge >= 0.3 is 5.97 Å². The minimum atomic E-state index is -0.464. The first kappa shape index (κ1) is 28.0. The Hall–Kier alpha value is -4.01. The molecule has 0 spiro atoms. The van der Waals surface area contributed by atoms with E-state index in [0.29, 0.717) is 30.9 Å². The first-order valence-corrected chi connectivity index (χ1v) is 13.2. The summed E-state index contributed by atoms with van der Waals surface area (Å²) < 4.78 is 9.84. The van der Waals surface area contributed by atoms with Gasteiger partial charge in [-0.05, 0) is 23.3 Å². The fourth-order valence-electron chi connectivity index (χ4n) is 4.76. The van der Waals surface area contributed by atoms with Crippen molar-refractivity contribution in [2.24, 2.45) is 0 Å². The third-order valence-corrected chi connectivity index (χ3v) is 6.74. The normalized spacial score (nSPS) is 13.7. The number of hydrogen-bond acceptors (Lipinski definition) is 6. The number of carbonyl (C=O) groups is 3. The summed E-state index contributed by atoms with van der Waals surface area (Å²) in [5.41, 5.74) is 3.32. The number of para-hydroxylation sites is 1. The van der Waals surface area contributed by atoms with Crippen LogP contribution in [0.1, 0.15) is 40.4 Å². The van der Waals surface area contributed by atoms with Gasteiger partial charge in [-0.3, -0.25) is 19.3 Å². The number of benzene rings is 3. The van der Waals surface area contributed by atoms with Gasteiger partial charge in [-0.25, -0.2) is 0 Å². The summed E-state index contributed by atoms with van der Waals surface area (Å²) in [6.07, 6.45) is -0.0784. The highest BCUT2D eigenvalue weighted by atomic mass is 16.6. The summed E-state index contributed by atoms with van der Waals surface area (Å²) in [7, 11) is 1.52. The Bertz CT molecular complexity index is 1190. The average Bonchev–Trinajstić information content (AvgIpc) is 2.98. The van der Waals surface area contributed by atoms with Crippen molar-refractivity contribution in [3.63, 3.8) is 0 Å². The molecule has 0 unspecified atom stereocenters. The van der Waals surface area contributed by atoms with Crippen LogP contribution in [0.25, 0.3) is 0 Å². The standard InChI is InChI=1S/C31H35N3O5/c1-38-22-23-39-29(36)17-16-28(35)32-27-15-9-8-14-26(27)31(37)34-20-18-33(19-21-34)30(24-10-4-2-5-11-24)25-12-6-3-7-13-25/h2-15,30H,16-23H2,1H3,(H,32,35). The van der Waals surface area contributed by atoms with Gasteiger partial charge < -0.3 is 19.7 Å². The lowest BCUT2D eigenvalue weighted by atomic mass is 9.96. The topological polar surface area (TPSA) is 88.2 Å². The predicted octanol–water partition coefficient (Wildman–Crippen LogP) is 4.14. The molecule has 1 fully saturated rings. The summed E-state index contributed by atoms with van der Waals surface area (Å²) in [5, 5.41) is 2.79. The fourth-order valence-corrected chi connectivity index (χ4v) is 4.76. The van der Waals surface area contributed by atoms with Gasteiger partial charge in [-0.1, -0.05) is 72.8 Å². The minimum Gasteiger partial charge on any atom is -0.463 e. The molecule has 8 nitrogen and oxygen atoms in total. The number of nitrogens with one attached hydrogen (secondary N) is 1. The predicted molar refractivity (Wildman–Crippen MR) is 149 cm³/mol. The summed E-state index contributed by atoms with van der Waals surface area (Å²) in [5.74, 6) is -0.938. The molecule has 0 radical (unpaired) electrons. The molecule has 0 saturated carbocycles. The largest absolute Gasteiger partial charge is 0.463 e. The molecule has 1 aliphatic rings. The highest BCUT2D eigenvalue weighted by Crippen LogP contribution is 2.30. The molecule has 0 atom stereocenters. The average molecular weight is 530 g/mol. The van der Waals surface area contributed by atoms with Gasteiger partial charge in [0.25, 0.3) is 5.91 Å².